The predicted molar refractivity (Wildman–Crippen MR) is 144 cm³/mol. The average molecular weight is 535 g/mol. The lowest BCUT2D eigenvalue weighted by Gasteiger charge is -2.33. The molecule has 0 bridgehead atoms. The zero-order valence-electron chi connectivity index (χ0n) is 23.6. The van der Waals surface area contributed by atoms with Gasteiger partial charge in [-0.1, -0.05) is 20.3 Å². The van der Waals surface area contributed by atoms with Gasteiger partial charge >= 0.3 is 11.9 Å². The second-order valence-corrected chi connectivity index (χ2v) is 13.1. The molecular formula is C25H51N4O6P. The lowest BCUT2D eigenvalue weighted by atomic mass is 10.2. The first kappa shape index (κ1) is 33.0. The molecule has 1 atom stereocenters. The van der Waals surface area contributed by atoms with Crippen molar-refractivity contribution < 1.29 is 28.2 Å². The van der Waals surface area contributed by atoms with Crippen molar-refractivity contribution in [2.24, 2.45) is 0 Å². The molecular weight excluding hydrogens is 483 g/mol. The number of carbonyl (C=O) groups is 2. The first-order valence-electron chi connectivity index (χ1n) is 13.5. The summed E-state index contributed by atoms with van der Waals surface area (Å²) >= 11 is 0. The summed E-state index contributed by atoms with van der Waals surface area (Å²) in [5.41, 5.74) is -0.528. The van der Waals surface area contributed by atoms with Crippen molar-refractivity contribution in [3.63, 3.8) is 0 Å². The highest BCUT2D eigenvalue weighted by atomic mass is 31.2. The van der Waals surface area contributed by atoms with Gasteiger partial charge in [0, 0.05) is 58.5 Å². The third-order valence-corrected chi connectivity index (χ3v) is 8.35. The SMILES string of the molecule is CCCCOC(=O)CN1CCNCCN(CC(=O)OC(C)(C)C)CCN(CP(=O)(CC)OCC)CC1. The van der Waals surface area contributed by atoms with E-state index in [1.807, 2.05) is 34.6 Å². The van der Waals surface area contributed by atoms with E-state index in [1.54, 1.807) is 0 Å². The molecule has 1 fully saturated rings. The van der Waals surface area contributed by atoms with E-state index in [-0.39, 0.29) is 25.0 Å². The standard InChI is InChI=1S/C25H51N4O6P/c1-7-10-19-33-23(30)20-27-13-11-26-12-14-28(21-24(31)35-25(4,5)6)16-18-29(17-15-27)22-36(32,9-3)34-8-2/h26H,7-22H2,1-6H3. The van der Waals surface area contributed by atoms with Crippen molar-refractivity contribution in [2.45, 2.75) is 60.0 Å². The van der Waals surface area contributed by atoms with Gasteiger partial charge in [0.25, 0.3) is 0 Å². The number of hydrogen-bond acceptors (Lipinski definition) is 10. The topological polar surface area (TPSA) is 101 Å². The lowest BCUT2D eigenvalue weighted by Crippen LogP contribution is -2.47. The van der Waals surface area contributed by atoms with E-state index in [1.165, 1.54) is 0 Å². The summed E-state index contributed by atoms with van der Waals surface area (Å²) in [4.78, 5) is 31.1. The maximum Gasteiger partial charge on any atom is 0.320 e. The maximum absolute atomic E-state index is 13.3. The monoisotopic (exact) mass is 534 g/mol. The third-order valence-electron chi connectivity index (χ3n) is 5.82. The van der Waals surface area contributed by atoms with Crippen molar-refractivity contribution in [1.29, 1.82) is 0 Å². The van der Waals surface area contributed by atoms with Crippen LogP contribution in [0.15, 0.2) is 0 Å². The molecule has 36 heavy (non-hydrogen) atoms. The smallest absolute Gasteiger partial charge is 0.320 e. The number of nitrogens with one attached hydrogen (secondary N) is 1. The highest BCUT2D eigenvalue weighted by Crippen LogP contribution is 2.46. The van der Waals surface area contributed by atoms with Crippen molar-refractivity contribution in [1.82, 2.24) is 20.0 Å². The molecule has 1 unspecified atom stereocenters. The Bertz CT molecular complexity index is 688. The van der Waals surface area contributed by atoms with Crippen LogP contribution in [-0.4, -0.2) is 123 Å². The molecule has 0 radical (unpaired) electrons. The van der Waals surface area contributed by atoms with Crippen LogP contribution in [-0.2, 0) is 28.2 Å². The quantitative estimate of drug-likeness (QED) is 0.228. The number of hydrogen-bond donors (Lipinski definition) is 1. The van der Waals surface area contributed by atoms with Crippen LogP contribution >= 0.6 is 7.37 Å². The van der Waals surface area contributed by atoms with Gasteiger partial charge in [-0.05, 0) is 34.1 Å². The number of carbonyl (C=O) groups excluding carboxylic acids is 2. The minimum Gasteiger partial charge on any atom is -0.465 e. The van der Waals surface area contributed by atoms with Crippen LogP contribution in [0, 0.1) is 0 Å². The molecule has 0 aliphatic carbocycles. The summed E-state index contributed by atoms with van der Waals surface area (Å²) < 4.78 is 29.9. The highest BCUT2D eigenvalue weighted by molar-refractivity contribution is 7.58. The average Bonchev–Trinajstić information content (AvgIpc) is 2.78. The van der Waals surface area contributed by atoms with E-state index in [4.69, 9.17) is 14.0 Å². The van der Waals surface area contributed by atoms with Crippen molar-refractivity contribution in [2.75, 3.05) is 91.1 Å². The normalized spacial score (nSPS) is 19.6. The molecule has 1 aliphatic rings. The van der Waals surface area contributed by atoms with Gasteiger partial charge in [0.15, 0.2) is 0 Å². The number of esters is 2. The highest BCUT2D eigenvalue weighted by Gasteiger charge is 2.26. The Balaban J connectivity index is 2.89. The number of nitrogens with zero attached hydrogens (tertiary/aromatic N) is 3. The predicted octanol–water partition coefficient (Wildman–Crippen LogP) is 2.47. The molecule has 10 nitrogen and oxygen atoms in total. The van der Waals surface area contributed by atoms with E-state index in [0.717, 1.165) is 19.4 Å². The molecule has 0 spiro atoms. The Hall–Kier alpha value is -1.03. The molecule has 1 aliphatic heterocycles. The Morgan fingerprint density at radius 1 is 0.861 bits per heavy atom. The van der Waals surface area contributed by atoms with Gasteiger partial charge < -0.3 is 19.3 Å². The minimum atomic E-state index is -2.79. The van der Waals surface area contributed by atoms with Crippen LogP contribution < -0.4 is 5.32 Å². The second kappa shape index (κ2) is 17.5. The zero-order chi connectivity index (χ0) is 27.0. The summed E-state index contributed by atoms with van der Waals surface area (Å²) in [5.74, 6) is -0.457. The molecule has 11 heteroatoms. The maximum atomic E-state index is 13.3. The Labute approximate surface area is 218 Å². The van der Waals surface area contributed by atoms with Crippen LogP contribution in [0.3, 0.4) is 0 Å². The number of unbranched alkanes of at least 4 members (excludes halogenated alkanes) is 1. The van der Waals surface area contributed by atoms with Gasteiger partial charge in [0.2, 0.25) is 7.37 Å². The van der Waals surface area contributed by atoms with E-state index < -0.39 is 13.0 Å². The molecule has 1 saturated heterocycles. The van der Waals surface area contributed by atoms with Gasteiger partial charge in [-0.25, -0.2) is 0 Å². The fraction of sp³-hybridized carbons (Fsp3) is 0.920. The van der Waals surface area contributed by atoms with Gasteiger partial charge in [-0.15, -0.1) is 0 Å². The minimum absolute atomic E-state index is 0.208. The fourth-order valence-electron chi connectivity index (χ4n) is 3.85. The summed E-state index contributed by atoms with van der Waals surface area (Å²) in [5, 5.41) is 3.42. The van der Waals surface area contributed by atoms with Crippen LogP contribution in [0.5, 0.6) is 0 Å². The van der Waals surface area contributed by atoms with Crippen LogP contribution in [0.4, 0.5) is 0 Å². The van der Waals surface area contributed by atoms with Crippen molar-refractivity contribution in [3.8, 4) is 0 Å². The Kier molecular flexibility index (Phi) is 16.0. The molecule has 0 aromatic rings. The van der Waals surface area contributed by atoms with E-state index in [0.29, 0.717) is 71.5 Å². The summed E-state index contributed by atoms with van der Waals surface area (Å²) in [6.45, 7) is 18.1. The van der Waals surface area contributed by atoms with Gasteiger partial charge in [0.1, 0.15) is 5.60 Å². The Morgan fingerprint density at radius 2 is 1.42 bits per heavy atom. The lowest BCUT2D eigenvalue weighted by molar-refractivity contribution is -0.156. The summed E-state index contributed by atoms with van der Waals surface area (Å²) in [7, 11) is -2.79. The fourth-order valence-corrected chi connectivity index (χ4v) is 5.67. The van der Waals surface area contributed by atoms with E-state index >= 15 is 0 Å². The van der Waals surface area contributed by atoms with Crippen molar-refractivity contribution >= 4 is 19.3 Å². The zero-order valence-corrected chi connectivity index (χ0v) is 24.4. The van der Waals surface area contributed by atoms with Gasteiger partial charge in [-0.2, -0.15) is 0 Å². The Morgan fingerprint density at radius 3 is 1.92 bits per heavy atom. The van der Waals surface area contributed by atoms with Crippen LogP contribution in [0.1, 0.15) is 54.4 Å². The first-order valence-corrected chi connectivity index (χ1v) is 15.5. The third kappa shape index (κ3) is 15.3. The van der Waals surface area contributed by atoms with Gasteiger partial charge in [-0.3, -0.25) is 28.9 Å². The molecule has 1 rings (SSSR count). The number of rotatable bonds is 12. The van der Waals surface area contributed by atoms with Crippen LogP contribution in [0.25, 0.3) is 0 Å². The number of ether oxygens (including phenoxy) is 2. The summed E-state index contributed by atoms with van der Waals surface area (Å²) in [6.07, 6.45) is 2.67. The largest absolute Gasteiger partial charge is 0.465 e. The molecule has 0 saturated carbocycles. The van der Waals surface area contributed by atoms with E-state index in [9.17, 15) is 14.2 Å². The molecule has 0 aromatic carbocycles. The van der Waals surface area contributed by atoms with Crippen molar-refractivity contribution in [3.05, 3.63) is 0 Å². The van der Waals surface area contributed by atoms with Gasteiger partial charge in [0.05, 0.1) is 32.6 Å². The summed E-state index contributed by atoms with van der Waals surface area (Å²) in [6, 6.07) is 0. The van der Waals surface area contributed by atoms with Crippen LogP contribution in [0.2, 0.25) is 0 Å². The second-order valence-electron chi connectivity index (χ2n) is 10.3. The van der Waals surface area contributed by atoms with E-state index in [2.05, 4.69) is 26.9 Å². The molecule has 1 N–H and O–H groups in total. The molecule has 0 aromatic heterocycles. The first-order chi connectivity index (χ1) is 17.0. The molecule has 1 heterocycles. The molecule has 212 valence electrons. The molecule has 0 amide bonds.